The summed E-state index contributed by atoms with van der Waals surface area (Å²) in [6, 6.07) is 24.8. The zero-order valence-corrected chi connectivity index (χ0v) is 30.0. The van der Waals surface area contributed by atoms with E-state index in [9.17, 15) is 27.2 Å². The van der Waals surface area contributed by atoms with E-state index in [2.05, 4.69) is 23.6 Å². The summed E-state index contributed by atoms with van der Waals surface area (Å²) in [6.45, 7) is 4.00. The number of carbonyl (C=O) groups is 2. The van der Waals surface area contributed by atoms with Crippen molar-refractivity contribution in [3.8, 4) is 0 Å². The molecule has 0 aliphatic heterocycles. The Balaban J connectivity index is 1.59. The highest BCUT2D eigenvalue weighted by molar-refractivity contribution is 6.26. The van der Waals surface area contributed by atoms with E-state index < -0.39 is 30.8 Å². The Kier molecular flexibility index (Phi) is 11.5. The van der Waals surface area contributed by atoms with Crippen LogP contribution >= 0.6 is 0 Å². The first kappa shape index (κ1) is 37.5. The van der Waals surface area contributed by atoms with Gasteiger partial charge in [0.25, 0.3) is 0 Å². The summed E-state index contributed by atoms with van der Waals surface area (Å²) < 4.78 is 61.8. The first-order chi connectivity index (χ1) is 25.6. The lowest BCUT2D eigenvalue weighted by Gasteiger charge is -2.25. The molecule has 0 bridgehead atoms. The number of unbranched alkanes of at least 4 members (excludes halogenated alkanes) is 2. The average molecular weight is 727 g/mol. The standard InChI is InChI=1S/C43H42F4N2O4/c1-4-6-8-17-30(5-2)49-37-23-22-29(39(48-53-27(3)50)33-20-13-14-21-38(33)52-26-43(46,47)42(44)45)24-34(37)35-25-36(41(51)28-15-9-7-10-16-28)31-18-11-12-19-32(31)40(35)49/h7,9-16,18-19,21-25,30,33,42H,4-6,8,17,20,26H2,1-3H3/b48-39-. The lowest BCUT2D eigenvalue weighted by atomic mass is 9.88. The summed E-state index contributed by atoms with van der Waals surface area (Å²) in [5.74, 6) is -6.02. The van der Waals surface area contributed by atoms with Gasteiger partial charge in [-0.2, -0.15) is 8.78 Å². The number of hydrogen-bond donors (Lipinski definition) is 0. The molecule has 53 heavy (non-hydrogen) atoms. The number of rotatable bonds is 15. The molecule has 2 unspecified atom stereocenters. The maximum Gasteiger partial charge on any atom is 0.340 e. The van der Waals surface area contributed by atoms with Crippen molar-refractivity contribution >= 4 is 50.0 Å². The van der Waals surface area contributed by atoms with E-state index in [0.29, 0.717) is 16.7 Å². The van der Waals surface area contributed by atoms with Crippen molar-refractivity contribution in [2.45, 2.75) is 77.7 Å². The van der Waals surface area contributed by atoms with Crippen molar-refractivity contribution in [2.24, 2.45) is 11.1 Å². The molecule has 0 radical (unpaired) electrons. The minimum Gasteiger partial charge on any atom is -0.491 e. The van der Waals surface area contributed by atoms with Crippen LogP contribution in [0.5, 0.6) is 0 Å². The Bertz CT molecular complexity index is 2220. The first-order valence-corrected chi connectivity index (χ1v) is 18.1. The molecule has 0 amide bonds. The van der Waals surface area contributed by atoms with E-state index in [0.717, 1.165) is 64.7 Å². The molecule has 2 atom stereocenters. The van der Waals surface area contributed by atoms with Gasteiger partial charge < -0.3 is 14.1 Å². The van der Waals surface area contributed by atoms with E-state index in [-0.39, 0.29) is 29.7 Å². The van der Waals surface area contributed by atoms with Crippen LogP contribution in [-0.2, 0) is 14.4 Å². The van der Waals surface area contributed by atoms with E-state index in [1.54, 1.807) is 24.3 Å². The Morgan fingerprint density at radius 3 is 2.34 bits per heavy atom. The number of carbonyl (C=O) groups excluding carboxylic acids is 2. The number of aromatic nitrogens is 1. The van der Waals surface area contributed by atoms with Crippen LogP contribution in [0.25, 0.3) is 32.6 Å². The molecular weight excluding hydrogens is 684 g/mol. The molecule has 5 aromatic rings. The molecule has 276 valence electrons. The van der Waals surface area contributed by atoms with Crippen LogP contribution in [0.1, 0.15) is 86.8 Å². The van der Waals surface area contributed by atoms with E-state index >= 15 is 0 Å². The van der Waals surface area contributed by atoms with Gasteiger partial charge in [-0.25, -0.2) is 13.6 Å². The smallest absolute Gasteiger partial charge is 0.340 e. The summed E-state index contributed by atoms with van der Waals surface area (Å²) in [5.41, 5.74) is 3.74. The monoisotopic (exact) mass is 726 g/mol. The maximum atomic E-state index is 14.2. The van der Waals surface area contributed by atoms with Crippen molar-refractivity contribution in [2.75, 3.05) is 6.61 Å². The van der Waals surface area contributed by atoms with Crippen LogP contribution in [0, 0.1) is 5.92 Å². The second-order valence-electron chi connectivity index (χ2n) is 13.4. The molecule has 0 spiro atoms. The lowest BCUT2D eigenvalue weighted by molar-refractivity contribution is -0.158. The zero-order chi connectivity index (χ0) is 37.7. The molecule has 1 heterocycles. The van der Waals surface area contributed by atoms with Crippen molar-refractivity contribution in [1.29, 1.82) is 0 Å². The number of ether oxygens (including phenoxy) is 1. The molecule has 4 aromatic carbocycles. The molecule has 6 nitrogen and oxygen atoms in total. The van der Waals surface area contributed by atoms with Gasteiger partial charge in [0.1, 0.15) is 5.76 Å². The third-order valence-corrected chi connectivity index (χ3v) is 9.82. The van der Waals surface area contributed by atoms with Crippen molar-refractivity contribution in [1.82, 2.24) is 4.57 Å². The third kappa shape index (κ3) is 7.77. The zero-order valence-electron chi connectivity index (χ0n) is 30.0. The summed E-state index contributed by atoms with van der Waals surface area (Å²) >= 11 is 0. The molecule has 1 aromatic heterocycles. The minimum atomic E-state index is -4.37. The minimum absolute atomic E-state index is 0.00929. The lowest BCUT2D eigenvalue weighted by Crippen LogP contribution is -2.33. The van der Waals surface area contributed by atoms with Gasteiger partial charge in [0.05, 0.1) is 17.1 Å². The fourth-order valence-electron chi connectivity index (χ4n) is 7.20. The van der Waals surface area contributed by atoms with Gasteiger partial charge in [-0.1, -0.05) is 111 Å². The van der Waals surface area contributed by atoms with Gasteiger partial charge in [-0.15, -0.1) is 0 Å². The van der Waals surface area contributed by atoms with Crippen LogP contribution in [0.3, 0.4) is 0 Å². The number of oxime groups is 1. The van der Waals surface area contributed by atoms with Crippen molar-refractivity contribution in [3.05, 3.63) is 120 Å². The van der Waals surface area contributed by atoms with Gasteiger partial charge in [-0.05, 0) is 48.9 Å². The fourth-order valence-corrected chi connectivity index (χ4v) is 7.20. The predicted octanol–water partition coefficient (Wildman–Crippen LogP) is 11.4. The highest BCUT2D eigenvalue weighted by Gasteiger charge is 2.42. The molecule has 6 rings (SSSR count). The number of alkyl halides is 4. The molecule has 1 aliphatic carbocycles. The fraction of sp³-hybridized carbons (Fsp3) is 0.326. The second-order valence-corrected chi connectivity index (χ2v) is 13.4. The van der Waals surface area contributed by atoms with Crippen LogP contribution in [0.15, 0.2) is 108 Å². The molecule has 0 N–H and O–H groups in total. The quantitative estimate of drug-likeness (QED) is 0.0269. The van der Waals surface area contributed by atoms with Gasteiger partial charge in [0.2, 0.25) is 0 Å². The third-order valence-electron chi connectivity index (χ3n) is 9.82. The second kappa shape index (κ2) is 16.2. The highest BCUT2D eigenvalue weighted by Crippen LogP contribution is 2.41. The van der Waals surface area contributed by atoms with Crippen molar-refractivity contribution in [3.63, 3.8) is 0 Å². The number of nitrogens with zero attached hydrogens (tertiary/aromatic N) is 2. The summed E-state index contributed by atoms with van der Waals surface area (Å²) in [5, 5.41) is 7.61. The molecule has 0 saturated carbocycles. The van der Waals surface area contributed by atoms with E-state index in [4.69, 9.17) is 9.57 Å². The molecular formula is C43H42F4N2O4. The molecule has 0 fully saturated rings. The van der Waals surface area contributed by atoms with E-state index in [1.165, 1.54) is 13.0 Å². The normalized spacial score (nSPS) is 15.7. The Hall–Kier alpha value is -5.25. The van der Waals surface area contributed by atoms with Gasteiger partial charge in [0.15, 0.2) is 12.4 Å². The largest absolute Gasteiger partial charge is 0.491 e. The van der Waals surface area contributed by atoms with Gasteiger partial charge >= 0.3 is 18.3 Å². The molecule has 10 heteroatoms. The number of benzene rings is 4. The highest BCUT2D eigenvalue weighted by atomic mass is 19.3. The number of ketones is 1. The van der Waals surface area contributed by atoms with E-state index in [1.807, 2.05) is 66.7 Å². The van der Waals surface area contributed by atoms with Gasteiger partial charge in [0, 0.05) is 51.3 Å². The van der Waals surface area contributed by atoms with Crippen LogP contribution in [0.2, 0.25) is 0 Å². The Morgan fingerprint density at radius 1 is 0.906 bits per heavy atom. The number of allylic oxidation sites excluding steroid dienone is 4. The Morgan fingerprint density at radius 2 is 1.64 bits per heavy atom. The molecule has 0 saturated heterocycles. The predicted molar refractivity (Wildman–Crippen MR) is 201 cm³/mol. The topological polar surface area (TPSA) is 69.9 Å². The SMILES string of the molecule is CCCCCC(CC)n1c2ccc(/C(=N/OC(C)=O)C3CC=CC=C3OCC(F)(F)C(F)F)cc2c2cc(C(=O)c3ccccc3)c3ccccc3c21. The number of fused-ring (bicyclic) bond motifs is 5. The first-order valence-electron chi connectivity index (χ1n) is 18.1. The number of hydrogen-bond acceptors (Lipinski definition) is 5. The van der Waals surface area contributed by atoms with Crippen LogP contribution in [0.4, 0.5) is 17.6 Å². The average Bonchev–Trinajstić information content (AvgIpc) is 3.49. The Labute approximate surface area is 305 Å². The molecule has 1 aliphatic rings. The van der Waals surface area contributed by atoms with Crippen LogP contribution in [-0.4, -0.2) is 41.0 Å². The summed E-state index contributed by atoms with van der Waals surface area (Å²) in [4.78, 5) is 31.3. The van der Waals surface area contributed by atoms with Crippen LogP contribution < -0.4 is 0 Å². The maximum absolute atomic E-state index is 14.2. The number of halogens is 4. The summed E-state index contributed by atoms with van der Waals surface area (Å²) in [7, 11) is 0. The summed E-state index contributed by atoms with van der Waals surface area (Å²) in [6.07, 6.45) is 6.16. The van der Waals surface area contributed by atoms with Crippen molar-refractivity contribution < 1.29 is 36.7 Å². The van der Waals surface area contributed by atoms with Gasteiger partial charge in [-0.3, -0.25) is 4.79 Å².